The fraction of sp³-hybridized carbons (Fsp3) is 0. The van der Waals surface area contributed by atoms with Gasteiger partial charge in [0.05, 0.1) is 24.9 Å². The van der Waals surface area contributed by atoms with E-state index >= 15 is 0 Å². The summed E-state index contributed by atoms with van der Waals surface area (Å²) in [5, 5.41) is 15.7. The Labute approximate surface area is 284 Å². The summed E-state index contributed by atoms with van der Waals surface area (Å²) in [4.78, 5) is 15.7. The van der Waals surface area contributed by atoms with Crippen LogP contribution in [0.1, 0.15) is 22.3 Å². The summed E-state index contributed by atoms with van der Waals surface area (Å²) >= 11 is 0. The van der Waals surface area contributed by atoms with Crippen molar-refractivity contribution in [3.63, 3.8) is 0 Å². The number of aromatic nitrogens is 4. The molecule has 0 bridgehead atoms. The van der Waals surface area contributed by atoms with Gasteiger partial charge in [-0.1, -0.05) is 0 Å². The van der Waals surface area contributed by atoms with Crippen LogP contribution in [0.15, 0.2) is 119 Å². The molecule has 252 valence electrons. The van der Waals surface area contributed by atoms with E-state index in [2.05, 4.69) is 40.3 Å². The predicted molar refractivity (Wildman–Crippen MR) is 147 cm³/mol. The predicted octanol–water partition coefficient (Wildman–Crippen LogP) is -9.34. The first-order valence-corrected chi connectivity index (χ1v) is 13.3. The second kappa shape index (κ2) is 30.6. The zero-order chi connectivity index (χ0) is 31.1. The molecule has 0 aliphatic heterocycles. The van der Waals surface area contributed by atoms with Crippen LogP contribution in [-0.4, -0.2) is 44.8 Å². The Morgan fingerprint density at radius 2 is 0.489 bits per heavy atom. The van der Waals surface area contributed by atoms with Crippen molar-refractivity contribution in [2.75, 3.05) is 0 Å². The van der Waals surface area contributed by atoms with Crippen LogP contribution in [0.2, 0.25) is 0 Å². The number of hydrogen-bond acceptors (Lipinski definition) is 16. The van der Waals surface area contributed by atoms with Crippen LogP contribution >= 0.6 is 0 Å². The molecule has 4 aromatic rings. The maximum absolute atomic E-state index is 8.49. The Hall–Kier alpha value is -4.00. The van der Waals surface area contributed by atoms with E-state index in [1.807, 2.05) is 48.5 Å². The molecule has 0 fully saturated rings. The average molecular weight is 761 g/mol. The van der Waals surface area contributed by atoms with E-state index in [0.29, 0.717) is 0 Å². The van der Waals surface area contributed by atoms with Crippen molar-refractivity contribution in [3.8, 4) is 0 Å². The average Bonchev–Trinajstić information content (AvgIpc) is 2.94. The Bertz CT molecular complexity index is 1160. The van der Waals surface area contributed by atoms with Gasteiger partial charge in [-0.3, -0.25) is 19.9 Å². The molecule has 0 aliphatic carbocycles. The Morgan fingerprint density at radius 3 is 0.617 bits per heavy atom. The van der Waals surface area contributed by atoms with E-state index in [1.54, 1.807) is 74.4 Å². The van der Waals surface area contributed by atoms with Crippen LogP contribution in [-0.2, 0) is 41.4 Å². The summed E-state index contributed by atoms with van der Waals surface area (Å²) in [5.41, 5.74) is 3.90. The fourth-order valence-electron chi connectivity index (χ4n) is 2.20. The van der Waals surface area contributed by atoms with Crippen LogP contribution < -0.4 is 37.3 Å². The molecular weight excluding hydrogens is 729 g/mol. The number of nitrogens with zero attached hydrogens (tertiary/aromatic N) is 8. The van der Waals surface area contributed by atoms with Crippen LogP contribution in [0.5, 0.6) is 0 Å². The van der Waals surface area contributed by atoms with Gasteiger partial charge in [0.15, 0.2) is 0 Å². The maximum Gasteiger partial charge on any atom is 2.00 e. The Balaban J connectivity index is -0.000000180. The summed E-state index contributed by atoms with van der Waals surface area (Å²) in [6, 6.07) is 14.9. The van der Waals surface area contributed by atoms with Gasteiger partial charge < -0.3 is 21.9 Å². The normalized spacial score (nSPS) is 10.2. The molecule has 0 spiro atoms. The SMILES string of the molecule is C(=N\N=C\c1ccncc1)/c1ccncc1.C(=N\N=C\c1ccncc1)/c1ccncc1.[O-][Cl+3]([O-])([O-])[O-].[O-][Cl+3]([O-])([O-])[O-].[OH3+].[OH3+].[OH3+].[OH3+].[Zn+2]. The van der Waals surface area contributed by atoms with Crippen molar-refractivity contribution in [2.24, 2.45) is 20.4 Å². The molecule has 0 amide bonds. The van der Waals surface area contributed by atoms with Crippen LogP contribution in [0.4, 0.5) is 0 Å². The van der Waals surface area contributed by atoms with Crippen molar-refractivity contribution in [3.05, 3.63) is 120 Å². The maximum atomic E-state index is 8.49. The zero-order valence-electron chi connectivity index (χ0n) is 24.2. The monoisotopic (exact) mass is 758 g/mol. The summed E-state index contributed by atoms with van der Waals surface area (Å²) < 4.78 is 67.9. The van der Waals surface area contributed by atoms with E-state index in [1.165, 1.54) is 0 Å². The van der Waals surface area contributed by atoms with Gasteiger partial charge in [-0.25, -0.2) is 37.3 Å². The number of hydrogen-bond donors (Lipinski definition) is 0. The molecule has 0 saturated carbocycles. The van der Waals surface area contributed by atoms with Gasteiger partial charge in [-0.2, -0.15) is 20.4 Å². The van der Waals surface area contributed by atoms with Gasteiger partial charge in [0.25, 0.3) is 0 Å². The molecule has 20 nitrogen and oxygen atoms in total. The van der Waals surface area contributed by atoms with Crippen LogP contribution in [0, 0.1) is 20.5 Å². The van der Waals surface area contributed by atoms with E-state index in [0.717, 1.165) is 22.3 Å². The van der Waals surface area contributed by atoms with Crippen molar-refractivity contribution >= 4 is 24.9 Å². The second-order valence-electron chi connectivity index (χ2n) is 6.86. The minimum Gasteiger partial charge on any atom is -0.457 e. The fourth-order valence-corrected chi connectivity index (χ4v) is 2.20. The van der Waals surface area contributed by atoms with Gasteiger partial charge in [-0.15, -0.1) is 20.5 Å². The Kier molecular flexibility index (Phi) is 34.3. The first kappa shape index (κ1) is 52.5. The largest absolute Gasteiger partial charge is 2.00 e. The molecule has 0 atom stereocenters. The molecular formula is C24H32Cl2N8O12Zn+4. The molecule has 23 heteroatoms. The molecule has 4 rings (SSSR count). The first-order chi connectivity index (χ1) is 19.9. The third-order valence-corrected chi connectivity index (χ3v) is 3.78. The zero-order valence-corrected chi connectivity index (χ0v) is 28.6. The molecule has 0 unspecified atom stereocenters. The first-order valence-electron chi connectivity index (χ1n) is 10.9. The molecule has 0 saturated heterocycles. The van der Waals surface area contributed by atoms with Gasteiger partial charge in [0.1, 0.15) is 0 Å². The van der Waals surface area contributed by atoms with E-state index in [-0.39, 0.29) is 41.4 Å². The molecule has 12 N–H and O–H groups in total. The third-order valence-electron chi connectivity index (χ3n) is 3.78. The van der Waals surface area contributed by atoms with Gasteiger partial charge in [0, 0.05) is 49.6 Å². The minimum atomic E-state index is -4.94. The summed E-state index contributed by atoms with van der Waals surface area (Å²) in [6.07, 6.45) is 20.4. The van der Waals surface area contributed by atoms with Crippen molar-refractivity contribution in [1.29, 1.82) is 0 Å². The van der Waals surface area contributed by atoms with E-state index < -0.39 is 20.5 Å². The van der Waals surface area contributed by atoms with Crippen molar-refractivity contribution in [1.82, 2.24) is 19.9 Å². The van der Waals surface area contributed by atoms with Gasteiger partial charge in [-0.05, 0) is 70.8 Å². The van der Waals surface area contributed by atoms with Crippen molar-refractivity contribution in [2.45, 2.75) is 0 Å². The third kappa shape index (κ3) is 38.1. The standard InChI is InChI=1S/2C12H10N4.2ClHO4.4H2O.Zn/c2*1-5-13-6-2-11(1)9-15-16-10-12-3-7-14-8-4-12;2*2-1(3,4)5;;;;;/h2*1-10H;2*(H,2,3,4,5);4*1H2;/q;;;;;;;;+2/p+2/b2*15-9+,16-10+;;;;;;;. The molecule has 4 heterocycles. The quantitative estimate of drug-likeness (QED) is 0.0765. The Morgan fingerprint density at radius 1 is 0.362 bits per heavy atom. The molecule has 0 aliphatic rings. The molecule has 4 aromatic heterocycles. The summed E-state index contributed by atoms with van der Waals surface area (Å²) in [7, 11) is -9.89. The van der Waals surface area contributed by atoms with Gasteiger partial charge in [0.2, 0.25) is 0 Å². The van der Waals surface area contributed by atoms with Crippen LogP contribution in [0.25, 0.3) is 0 Å². The second-order valence-corrected chi connectivity index (χ2v) is 8.37. The number of rotatable bonds is 6. The molecule has 47 heavy (non-hydrogen) atoms. The van der Waals surface area contributed by atoms with Gasteiger partial charge >= 0.3 is 19.5 Å². The van der Waals surface area contributed by atoms with Crippen LogP contribution in [0.3, 0.4) is 0 Å². The minimum absolute atomic E-state index is 0. The summed E-state index contributed by atoms with van der Waals surface area (Å²) in [6.45, 7) is 0. The number of pyridine rings is 4. The number of halogens is 2. The van der Waals surface area contributed by atoms with Crippen molar-refractivity contribution < 1.29 is 99.1 Å². The van der Waals surface area contributed by atoms with E-state index in [9.17, 15) is 0 Å². The smallest absolute Gasteiger partial charge is 0.457 e. The molecule has 0 radical (unpaired) electrons. The topological polar surface area (TPSA) is 417 Å². The molecule has 0 aromatic carbocycles. The summed E-state index contributed by atoms with van der Waals surface area (Å²) in [5.74, 6) is 0. The van der Waals surface area contributed by atoms with E-state index in [4.69, 9.17) is 37.3 Å².